The van der Waals surface area contributed by atoms with Gasteiger partial charge in [-0.25, -0.2) is 0 Å². The van der Waals surface area contributed by atoms with Gasteiger partial charge in [-0.2, -0.15) is 0 Å². The first-order valence-corrected chi connectivity index (χ1v) is 10.2. The number of ether oxygens (including phenoxy) is 1. The Morgan fingerprint density at radius 1 is 1.14 bits per heavy atom. The number of amides is 1. The van der Waals surface area contributed by atoms with Crippen molar-refractivity contribution in [2.45, 2.75) is 31.9 Å². The number of nitrogens with zero attached hydrogens (tertiary/aromatic N) is 1. The minimum absolute atomic E-state index is 0.0276. The van der Waals surface area contributed by atoms with Crippen molar-refractivity contribution in [3.05, 3.63) is 80.2 Å². The van der Waals surface area contributed by atoms with Crippen LogP contribution in [0.25, 0.3) is 11.0 Å². The van der Waals surface area contributed by atoms with E-state index in [4.69, 9.17) is 20.8 Å². The van der Waals surface area contributed by atoms with Crippen LogP contribution in [0.2, 0.25) is 5.02 Å². The number of hydrogen-bond donors (Lipinski definition) is 0. The summed E-state index contributed by atoms with van der Waals surface area (Å²) in [6.07, 6.45) is 1.86. The van der Waals surface area contributed by atoms with Crippen molar-refractivity contribution in [3.8, 4) is 0 Å². The molecule has 1 saturated heterocycles. The molecule has 1 amide bonds. The highest BCUT2D eigenvalue weighted by Gasteiger charge is 2.43. The number of aryl methyl sites for hydroxylation is 1. The molecule has 0 radical (unpaired) electrons. The van der Waals surface area contributed by atoms with Gasteiger partial charge in [0, 0.05) is 18.2 Å². The first-order valence-electron chi connectivity index (χ1n) is 9.78. The second-order valence-electron chi connectivity index (χ2n) is 7.72. The number of rotatable bonds is 3. The van der Waals surface area contributed by atoms with Crippen LogP contribution in [0.1, 0.15) is 46.1 Å². The van der Waals surface area contributed by atoms with Gasteiger partial charge in [-0.05, 0) is 43.5 Å². The second kappa shape index (κ2) is 7.01. The monoisotopic (exact) mass is 409 g/mol. The zero-order chi connectivity index (χ0) is 20.1. The van der Waals surface area contributed by atoms with Gasteiger partial charge in [0.2, 0.25) is 5.76 Å². The Bertz CT molecular complexity index is 1160. The second-order valence-corrected chi connectivity index (χ2v) is 8.16. The number of hydrogen-bond acceptors (Lipinski definition) is 4. The van der Waals surface area contributed by atoms with E-state index in [0.29, 0.717) is 34.7 Å². The lowest BCUT2D eigenvalue weighted by Gasteiger charge is -2.27. The molecule has 5 rings (SSSR count). The predicted molar refractivity (Wildman–Crippen MR) is 111 cm³/mol. The molecule has 0 bridgehead atoms. The molecular weight excluding hydrogens is 390 g/mol. The molecule has 6 heteroatoms. The van der Waals surface area contributed by atoms with Crippen LogP contribution in [0.5, 0.6) is 0 Å². The largest absolute Gasteiger partial charge is 0.450 e. The standard InChI is InChI=1S/C23H20ClNO4/c1-13-4-6-14(7-5-13)20-19-21(26)17-11-15(24)8-9-18(17)29-22(19)23(27)25(20)12-16-3-2-10-28-16/h4-9,11,16,20H,2-3,10,12H2,1H3/t16-,20-/m0/s1. The zero-order valence-electron chi connectivity index (χ0n) is 16.0. The number of halogens is 1. The Hall–Kier alpha value is -2.63. The molecule has 1 fully saturated rings. The van der Waals surface area contributed by atoms with E-state index in [1.54, 1.807) is 23.1 Å². The fraction of sp³-hybridized carbons (Fsp3) is 0.304. The fourth-order valence-electron chi connectivity index (χ4n) is 4.28. The summed E-state index contributed by atoms with van der Waals surface area (Å²) in [5.41, 5.74) is 2.54. The minimum Gasteiger partial charge on any atom is -0.450 e. The molecule has 5 nitrogen and oxygen atoms in total. The molecule has 2 atom stereocenters. The molecule has 148 valence electrons. The summed E-state index contributed by atoms with van der Waals surface area (Å²) in [5.74, 6) is -0.150. The van der Waals surface area contributed by atoms with E-state index < -0.39 is 6.04 Å². The van der Waals surface area contributed by atoms with Crippen LogP contribution in [-0.4, -0.2) is 30.1 Å². The Balaban J connectivity index is 1.71. The molecule has 29 heavy (non-hydrogen) atoms. The van der Waals surface area contributed by atoms with Gasteiger partial charge in [-0.1, -0.05) is 41.4 Å². The van der Waals surface area contributed by atoms with Gasteiger partial charge >= 0.3 is 0 Å². The smallest absolute Gasteiger partial charge is 0.291 e. The molecule has 0 spiro atoms. The minimum atomic E-state index is -0.498. The highest BCUT2D eigenvalue weighted by Crippen LogP contribution is 2.39. The van der Waals surface area contributed by atoms with Crippen LogP contribution in [0.15, 0.2) is 51.7 Å². The van der Waals surface area contributed by atoms with E-state index >= 15 is 0 Å². The van der Waals surface area contributed by atoms with Crippen molar-refractivity contribution in [1.29, 1.82) is 0 Å². The molecule has 2 aliphatic heterocycles. The van der Waals surface area contributed by atoms with Gasteiger partial charge in [0.1, 0.15) is 5.58 Å². The van der Waals surface area contributed by atoms with Crippen molar-refractivity contribution in [2.24, 2.45) is 0 Å². The van der Waals surface area contributed by atoms with Gasteiger partial charge < -0.3 is 14.1 Å². The topological polar surface area (TPSA) is 59.8 Å². The first-order chi connectivity index (χ1) is 14.0. The Morgan fingerprint density at radius 2 is 1.93 bits per heavy atom. The molecule has 3 aromatic rings. The third-order valence-corrected chi connectivity index (χ3v) is 5.98. The van der Waals surface area contributed by atoms with E-state index in [-0.39, 0.29) is 23.2 Å². The van der Waals surface area contributed by atoms with Gasteiger partial charge in [-0.3, -0.25) is 9.59 Å². The third kappa shape index (κ3) is 3.05. The average Bonchev–Trinajstić information content (AvgIpc) is 3.32. The number of carbonyl (C=O) groups excluding carboxylic acids is 1. The van der Waals surface area contributed by atoms with Gasteiger partial charge in [-0.15, -0.1) is 0 Å². The molecular formula is C23H20ClNO4. The van der Waals surface area contributed by atoms with Crippen LogP contribution in [0, 0.1) is 6.92 Å². The summed E-state index contributed by atoms with van der Waals surface area (Å²) in [6.45, 7) is 3.14. The Kier molecular flexibility index (Phi) is 4.45. The van der Waals surface area contributed by atoms with Gasteiger partial charge in [0.25, 0.3) is 5.91 Å². The lowest BCUT2D eigenvalue weighted by atomic mass is 9.97. The van der Waals surface area contributed by atoms with Crippen LogP contribution in [-0.2, 0) is 4.74 Å². The molecule has 2 aliphatic rings. The van der Waals surface area contributed by atoms with Crippen molar-refractivity contribution in [3.63, 3.8) is 0 Å². The molecule has 2 aromatic carbocycles. The Morgan fingerprint density at radius 3 is 2.66 bits per heavy atom. The maximum absolute atomic E-state index is 13.4. The first kappa shape index (κ1) is 18.4. The van der Waals surface area contributed by atoms with Crippen molar-refractivity contribution < 1.29 is 13.9 Å². The third-order valence-electron chi connectivity index (χ3n) is 5.75. The van der Waals surface area contributed by atoms with Crippen LogP contribution in [0.4, 0.5) is 0 Å². The molecule has 1 aromatic heterocycles. The van der Waals surface area contributed by atoms with Crippen molar-refractivity contribution >= 4 is 28.5 Å². The summed E-state index contributed by atoms with van der Waals surface area (Å²) in [7, 11) is 0. The maximum atomic E-state index is 13.4. The van der Waals surface area contributed by atoms with E-state index in [9.17, 15) is 9.59 Å². The van der Waals surface area contributed by atoms with Gasteiger partial charge in [0.15, 0.2) is 5.43 Å². The SMILES string of the molecule is Cc1ccc([C@H]2c3c(oc4ccc(Cl)cc4c3=O)C(=O)N2C[C@@H]2CCCO2)cc1. The number of benzene rings is 2. The quantitative estimate of drug-likeness (QED) is 0.640. The molecule has 0 N–H and O–H groups in total. The summed E-state index contributed by atoms with van der Waals surface area (Å²) >= 11 is 6.11. The highest BCUT2D eigenvalue weighted by atomic mass is 35.5. The number of carbonyl (C=O) groups is 1. The van der Waals surface area contributed by atoms with Crippen molar-refractivity contribution in [2.75, 3.05) is 13.2 Å². The van der Waals surface area contributed by atoms with E-state index in [1.807, 2.05) is 31.2 Å². The summed E-state index contributed by atoms with van der Waals surface area (Å²) < 4.78 is 11.7. The predicted octanol–water partition coefficient (Wildman–Crippen LogP) is 4.48. The lowest BCUT2D eigenvalue weighted by molar-refractivity contribution is 0.0486. The van der Waals surface area contributed by atoms with Crippen LogP contribution < -0.4 is 5.43 Å². The normalized spacial score (nSPS) is 21.2. The van der Waals surface area contributed by atoms with Crippen LogP contribution in [0.3, 0.4) is 0 Å². The number of fused-ring (bicyclic) bond motifs is 2. The fourth-order valence-corrected chi connectivity index (χ4v) is 4.46. The molecule has 3 heterocycles. The molecule has 0 aliphatic carbocycles. The lowest BCUT2D eigenvalue weighted by Crippen LogP contribution is -2.36. The maximum Gasteiger partial charge on any atom is 0.291 e. The summed E-state index contributed by atoms with van der Waals surface area (Å²) in [6, 6.07) is 12.3. The average molecular weight is 410 g/mol. The van der Waals surface area contributed by atoms with E-state index in [1.165, 1.54) is 0 Å². The summed E-state index contributed by atoms with van der Waals surface area (Å²) in [5, 5.41) is 0.845. The summed E-state index contributed by atoms with van der Waals surface area (Å²) in [4.78, 5) is 28.5. The molecule has 0 unspecified atom stereocenters. The van der Waals surface area contributed by atoms with E-state index in [0.717, 1.165) is 24.0 Å². The van der Waals surface area contributed by atoms with E-state index in [2.05, 4.69) is 0 Å². The highest BCUT2D eigenvalue weighted by molar-refractivity contribution is 6.31. The zero-order valence-corrected chi connectivity index (χ0v) is 16.7. The van der Waals surface area contributed by atoms with Gasteiger partial charge in [0.05, 0.1) is 23.1 Å². The molecule has 0 saturated carbocycles. The van der Waals surface area contributed by atoms with Crippen molar-refractivity contribution in [1.82, 2.24) is 4.90 Å². The van der Waals surface area contributed by atoms with Crippen LogP contribution >= 0.6 is 11.6 Å². The Labute approximate surface area is 172 Å².